The van der Waals surface area contributed by atoms with Crippen molar-refractivity contribution in [2.75, 3.05) is 39.9 Å². The maximum atomic E-state index is 11.7. The number of hydrogen-bond donors (Lipinski definition) is 3. The lowest BCUT2D eigenvalue weighted by molar-refractivity contribution is -0.119. The number of aliphatic imine (C=N–C) groups is 1. The van der Waals surface area contributed by atoms with Crippen molar-refractivity contribution in [1.82, 2.24) is 16.0 Å². The van der Waals surface area contributed by atoms with E-state index in [2.05, 4.69) is 59.1 Å². The van der Waals surface area contributed by atoms with Gasteiger partial charge in [0.05, 0.1) is 6.61 Å². The first-order chi connectivity index (χ1) is 11.6. The Morgan fingerprint density at radius 2 is 2.08 bits per heavy atom. The van der Waals surface area contributed by atoms with Crippen molar-refractivity contribution in [3.05, 3.63) is 35.4 Å². The molecule has 0 saturated carbocycles. The number of benzene rings is 1. The quantitative estimate of drug-likeness (QED) is 0.363. The third kappa shape index (κ3) is 7.97. The number of carbonyl (C=O) groups is 1. The van der Waals surface area contributed by atoms with Crippen LogP contribution < -0.4 is 16.0 Å². The molecule has 0 bridgehead atoms. The van der Waals surface area contributed by atoms with Crippen LogP contribution in [-0.2, 0) is 9.53 Å². The molecule has 0 aromatic heterocycles. The third-order valence-corrected chi connectivity index (χ3v) is 3.54. The fraction of sp³-hybridized carbons (Fsp3) is 0.556. The fourth-order valence-corrected chi connectivity index (χ4v) is 2.19. The number of rotatable bonds is 9. The second kappa shape index (κ2) is 11.5. The van der Waals surface area contributed by atoms with Gasteiger partial charge in [0.25, 0.3) is 0 Å². The zero-order chi connectivity index (χ0) is 17.8. The summed E-state index contributed by atoms with van der Waals surface area (Å²) in [5, 5.41) is 9.20. The first-order valence-electron chi connectivity index (χ1n) is 8.41. The number of methoxy groups -OCH3 is 1. The molecule has 6 nitrogen and oxygen atoms in total. The number of amides is 1. The Kier molecular flexibility index (Phi) is 9.53. The smallest absolute Gasteiger partial charge is 0.241 e. The van der Waals surface area contributed by atoms with Crippen LogP contribution in [0, 0.1) is 6.92 Å². The van der Waals surface area contributed by atoms with Crippen LogP contribution in [0.25, 0.3) is 0 Å². The van der Waals surface area contributed by atoms with Crippen LogP contribution in [0.3, 0.4) is 0 Å². The zero-order valence-corrected chi connectivity index (χ0v) is 15.2. The van der Waals surface area contributed by atoms with Crippen LogP contribution in [0.5, 0.6) is 0 Å². The van der Waals surface area contributed by atoms with Crippen molar-refractivity contribution in [3.63, 3.8) is 0 Å². The maximum Gasteiger partial charge on any atom is 0.241 e. The molecule has 0 aliphatic rings. The van der Waals surface area contributed by atoms with Crippen LogP contribution in [0.4, 0.5) is 0 Å². The normalized spacial score (nSPS) is 12.6. The van der Waals surface area contributed by atoms with E-state index < -0.39 is 0 Å². The van der Waals surface area contributed by atoms with E-state index in [1.807, 2.05) is 6.92 Å². The highest BCUT2D eigenvalue weighted by atomic mass is 16.5. The Hall–Kier alpha value is -2.08. The molecular weight excluding hydrogens is 304 g/mol. The summed E-state index contributed by atoms with van der Waals surface area (Å²) >= 11 is 0. The monoisotopic (exact) mass is 334 g/mol. The van der Waals surface area contributed by atoms with E-state index in [1.54, 1.807) is 7.11 Å². The van der Waals surface area contributed by atoms with Crippen molar-refractivity contribution in [2.45, 2.75) is 26.7 Å². The Labute approximate surface area is 145 Å². The van der Waals surface area contributed by atoms with Gasteiger partial charge in [-0.15, -0.1) is 0 Å². The van der Waals surface area contributed by atoms with Crippen LogP contribution >= 0.6 is 0 Å². The molecule has 0 fully saturated rings. The second-order valence-corrected chi connectivity index (χ2v) is 5.73. The van der Waals surface area contributed by atoms with Crippen molar-refractivity contribution in [2.24, 2.45) is 4.99 Å². The van der Waals surface area contributed by atoms with Gasteiger partial charge in [-0.1, -0.05) is 36.8 Å². The van der Waals surface area contributed by atoms with Gasteiger partial charge in [-0.25, -0.2) is 4.99 Å². The summed E-state index contributed by atoms with van der Waals surface area (Å²) in [7, 11) is 1.60. The predicted octanol–water partition coefficient (Wildman–Crippen LogP) is 1.42. The van der Waals surface area contributed by atoms with Crippen LogP contribution in [-0.4, -0.2) is 51.8 Å². The lowest BCUT2D eigenvalue weighted by atomic mass is 9.99. The average Bonchev–Trinajstić information content (AvgIpc) is 2.57. The molecule has 3 N–H and O–H groups in total. The molecule has 134 valence electrons. The summed E-state index contributed by atoms with van der Waals surface area (Å²) in [5.41, 5.74) is 2.54. The van der Waals surface area contributed by atoms with E-state index in [0.29, 0.717) is 25.0 Å². The SMILES string of the molecule is CCNC(=NCC(=O)NCCOC)NCC(C)c1cccc(C)c1. The van der Waals surface area contributed by atoms with Gasteiger partial charge in [0.1, 0.15) is 6.54 Å². The van der Waals surface area contributed by atoms with E-state index in [-0.39, 0.29) is 12.5 Å². The van der Waals surface area contributed by atoms with E-state index >= 15 is 0 Å². The minimum Gasteiger partial charge on any atom is -0.383 e. The average molecular weight is 334 g/mol. The molecule has 1 atom stereocenters. The van der Waals surface area contributed by atoms with Crippen molar-refractivity contribution >= 4 is 11.9 Å². The van der Waals surface area contributed by atoms with Crippen LogP contribution in [0.15, 0.2) is 29.3 Å². The molecule has 0 saturated heterocycles. The summed E-state index contributed by atoms with van der Waals surface area (Å²) < 4.78 is 4.90. The van der Waals surface area contributed by atoms with E-state index in [4.69, 9.17) is 4.74 Å². The molecule has 0 aliphatic carbocycles. The largest absolute Gasteiger partial charge is 0.383 e. The first kappa shape index (κ1) is 20.0. The highest BCUT2D eigenvalue weighted by molar-refractivity contribution is 5.84. The van der Waals surface area contributed by atoms with Gasteiger partial charge in [-0.3, -0.25) is 4.79 Å². The van der Waals surface area contributed by atoms with E-state index in [1.165, 1.54) is 11.1 Å². The van der Waals surface area contributed by atoms with Gasteiger partial charge in [-0.05, 0) is 25.3 Å². The molecule has 0 heterocycles. The van der Waals surface area contributed by atoms with Gasteiger partial charge in [0, 0.05) is 26.7 Å². The molecule has 6 heteroatoms. The topological polar surface area (TPSA) is 74.8 Å². The lowest BCUT2D eigenvalue weighted by Gasteiger charge is -2.16. The molecule has 0 spiro atoms. The van der Waals surface area contributed by atoms with Crippen LogP contribution in [0.1, 0.15) is 30.9 Å². The molecule has 1 aromatic carbocycles. The Morgan fingerprint density at radius 1 is 1.29 bits per heavy atom. The molecule has 24 heavy (non-hydrogen) atoms. The molecule has 1 unspecified atom stereocenters. The summed E-state index contributed by atoms with van der Waals surface area (Å²) in [6.45, 7) is 8.86. The molecule has 1 aromatic rings. The fourth-order valence-electron chi connectivity index (χ4n) is 2.19. The number of hydrogen-bond acceptors (Lipinski definition) is 3. The Bertz CT molecular complexity index is 532. The minimum absolute atomic E-state index is 0.0951. The Morgan fingerprint density at radius 3 is 2.75 bits per heavy atom. The standard InChI is InChI=1S/C18H30N4O2/c1-5-19-18(22-13-17(23)20-9-10-24-4)21-12-15(3)16-8-6-7-14(2)11-16/h6-8,11,15H,5,9-10,12-13H2,1-4H3,(H,20,23)(H2,19,21,22). The molecule has 1 rings (SSSR count). The molecular formula is C18H30N4O2. The number of guanidine groups is 1. The number of carbonyl (C=O) groups excluding carboxylic acids is 1. The Balaban J connectivity index is 2.49. The van der Waals surface area contributed by atoms with Gasteiger partial charge >= 0.3 is 0 Å². The van der Waals surface area contributed by atoms with Gasteiger partial charge < -0.3 is 20.7 Å². The van der Waals surface area contributed by atoms with Crippen LogP contribution in [0.2, 0.25) is 0 Å². The number of aryl methyl sites for hydroxylation is 1. The second-order valence-electron chi connectivity index (χ2n) is 5.73. The number of nitrogens with zero attached hydrogens (tertiary/aromatic N) is 1. The summed E-state index contributed by atoms with van der Waals surface area (Å²) in [6, 6.07) is 8.49. The van der Waals surface area contributed by atoms with Gasteiger partial charge in [0.2, 0.25) is 5.91 Å². The van der Waals surface area contributed by atoms with Crippen molar-refractivity contribution in [3.8, 4) is 0 Å². The maximum absolute atomic E-state index is 11.7. The predicted molar refractivity (Wildman–Crippen MR) is 98.5 cm³/mol. The zero-order valence-electron chi connectivity index (χ0n) is 15.2. The highest BCUT2D eigenvalue weighted by Gasteiger charge is 2.07. The van der Waals surface area contributed by atoms with Crippen molar-refractivity contribution in [1.29, 1.82) is 0 Å². The highest BCUT2D eigenvalue weighted by Crippen LogP contribution is 2.15. The molecule has 0 radical (unpaired) electrons. The van der Waals surface area contributed by atoms with Gasteiger partial charge in [-0.2, -0.15) is 0 Å². The number of nitrogens with one attached hydrogen (secondary N) is 3. The van der Waals surface area contributed by atoms with Gasteiger partial charge in [0.15, 0.2) is 5.96 Å². The lowest BCUT2D eigenvalue weighted by Crippen LogP contribution is -2.40. The number of ether oxygens (including phenoxy) is 1. The molecule has 1 amide bonds. The van der Waals surface area contributed by atoms with Crippen molar-refractivity contribution < 1.29 is 9.53 Å². The minimum atomic E-state index is -0.115. The summed E-state index contributed by atoms with van der Waals surface area (Å²) in [6.07, 6.45) is 0. The molecule has 0 aliphatic heterocycles. The van der Waals surface area contributed by atoms with E-state index in [9.17, 15) is 4.79 Å². The summed E-state index contributed by atoms with van der Waals surface area (Å²) in [5.74, 6) is 0.888. The third-order valence-electron chi connectivity index (χ3n) is 3.54. The first-order valence-corrected chi connectivity index (χ1v) is 8.41. The summed E-state index contributed by atoms with van der Waals surface area (Å²) in [4.78, 5) is 16.0. The van der Waals surface area contributed by atoms with E-state index in [0.717, 1.165) is 13.1 Å².